The van der Waals surface area contributed by atoms with E-state index in [-0.39, 0.29) is 6.04 Å². The Kier molecular flexibility index (Phi) is 4.83. The third-order valence-electron chi connectivity index (χ3n) is 2.93. The van der Waals surface area contributed by atoms with Crippen LogP contribution in [-0.4, -0.2) is 18.0 Å². The second-order valence-electron chi connectivity index (χ2n) is 4.06. The third-order valence-corrected chi connectivity index (χ3v) is 4.31. The van der Waals surface area contributed by atoms with Crippen LogP contribution < -0.4 is 5.73 Å². The van der Waals surface area contributed by atoms with E-state index in [9.17, 15) is 0 Å². The predicted molar refractivity (Wildman–Crippen MR) is 75.9 cm³/mol. The summed E-state index contributed by atoms with van der Waals surface area (Å²) in [5.41, 5.74) is 5.91. The fourth-order valence-corrected chi connectivity index (χ4v) is 3.22. The zero-order valence-electron chi connectivity index (χ0n) is 10.3. The van der Waals surface area contributed by atoms with Crippen molar-refractivity contribution in [3.63, 3.8) is 0 Å². The Hall–Kier alpha value is -0.810. The Bertz CT molecular complexity index is 469. The second kappa shape index (κ2) is 6.38. The van der Waals surface area contributed by atoms with Crippen LogP contribution in [0.4, 0.5) is 0 Å². The van der Waals surface area contributed by atoms with Crippen molar-refractivity contribution in [3.8, 4) is 0 Å². The van der Waals surface area contributed by atoms with Crippen LogP contribution in [0.5, 0.6) is 0 Å². The standard InChI is InChI=1S/C13H17ClN2OS/c1-2-16(8-11-4-3-5-17-11)12(7-15)13-6-10(14)9-18-13/h3-6,9,12H,2,7-8,15H2,1H3. The van der Waals surface area contributed by atoms with Gasteiger partial charge in [-0.2, -0.15) is 0 Å². The molecule has 2 N–H and O–H groups in total. The van der Waals surface area contributed by atoms with Gasteiger partial charge in [-0.1, -0.05) is 18.5 Å². The summed E-state index contributed by atoms with van der Waals surface area (Å²) in [7, 11) is 0. The monoisotopic (exact) mass is 284 g/mol. The first-order valence-electron chi connectivity index (χ1n) is 5.95. The van der Waals surface area contributed by atoms with E-state index in [1.807, 2.05) is 23.6 Å². The molecule has 2 rings (SSSR count). The summed E-state index contributed by atoms with van der Waals surface area (Å²) in [5, 5.41) is 2.72. The van der Waals surface area contributed by atoms with Crippen LogP contribution in [0.3, 0.4) is 0 Å². The molecule has 2 aromatic heterocycles. The molecule has 0 aliphatic heterocycles. The van der Waals surface area contributed by atoms with Gasteiger partial charge in [0, 0.05) is 16.8 Å². The first kappa shape index (κ1) is 13.6. The minimum absolute atomic E-state index is 0.192. The fraction of sp³-hybridized carbons (Fsp3) is 0.385. The van der Waals surface area contributed by atoms with Crippen molar-refractivity contribution in [2.24, 2.45) is 5.73 Å². The van der Waals surface area contributed by atoms with Crippen LogP contribution in [0.25, 0.3) is 0 Å². The number of hydrogen-bond donors (Lipinski definition) is 1. The number of thiophene rings is 1. The summed E-state index contributed by atoms with van der Waals surface area (Å²) in [6, 6.07) is 6.08. The molecule has 0 spiro atoms. The fourth-order valence-electron chi connectivity index (χ4n) is 1.99. The smallest absolute Gasteiger partial charge is 0.117 e. The van der Waals surface area contributed by atoms with Crippen LogP contribution in [0.15, 0.2) is 34.3 Å². The lowest BCUT2D eigenvalue weighted by Gasteiger charge is -2.28. The van der Waals surface area contributed by atoms with Gasteiger partial charge in [-0.25, -0.2) is 0 Å². The zero-order valence-corrected chi connectivity index (χ0v) is 11.9. The average molecular weight is 285 g/mol. The van der Waals surface area contributed by atoms with Crippen molar-refractivity contribution in [2.45, 2.75) is 19.5 Å². The Balaban J connectivity index is 2.13. The number of rotatable bonds is 6. The van der Waals surface area contributed by atoms with E-state index in [4.69, 9.17) is 21.8 Å². The molecule has 2 aromatic rings. The first-order valence-corrected chi connectivity index (χ1v) is 7.20. The lowest BCUT2D eigenvalue weighted by Crippen LogP contribution is -2.32. The van der Waals surface area contributed by atoms with Crippen molar-refractivity contribution in [2.75, 3.05) is 13.1 Å². The van der Waals surface area contributed by atoms with Gasteiger partial charge >= 0.3 is 0 Å². The highest BCUT2D eigenvalue weighted by molar-refractivity contribution is 7.10. The van der Waals surface area contributed by atoms with E-state index in [0.29, 0.717) is 6.54 Å². The highest BCUT2D eigenvalue weighted by atomic mass is 35.5. The first-order chi connectivity index (χ1) is 8.74. The molecule has 1 atom stereocenters. The molecule has 5 heteroatoms. The minimum atomic E-state index is 0.192. The van der Waals surface area contributed by atoms with E-state index in [1.54, 1.807) is 17.6 Å². The molecule has 0 saturated carbocycles. The molecule has 98 valence electrons. The van der Waals surface area contributed by atoms with E-state index in [1.165, 1.54) is 4.88 Å². The van der Waals surface area contributed by atoms with Gasteiger partial charge in [-0.3, -0.25) is 4.90 Å². The molecule has 0 aliphatic rings. The van der Waals surface area contributed by atoms with Crippen molar-refractivity contribution < 1.29 is 4.42 Å². The number of likely N-dealkylation sites (N-methyl/N-ethyl adjacent to an activating group) is 1. The Morgan fingerprint density at radius 1 is 1.56 bits per heavy atom. The number of halogens is 1. The highest BCUT2D eigenvalue weighted by Gasteiger charge is 2.20. The van der Waals surface area contributed by atoms with Gasteiger partial charge in [0.05, 0.1) is 23.9 Å². The van der Waals surface area contributed by atoms with Gasteiger partial charge in [0.15, 0.2) is 0 Å². The molecule has 3 nitrogen and oxygen atoms in total. The SMILES string of the molecule is CCN(Cc1ccco1)C(CN)c1cc(Cl)cs1. The van der Waals surface area contributed by atoms with Gasteiger partial charge in [-0.15, -0.1) is 11.3 Å². The van der Waals surface area contributed by atoms with E-state index < -0.39 is 0 Å². The number of furan rings is 1. The molecular weight excluding hydrogens is 268 g/mol. The molecule has 0 saturated heterocycles. The lowest BCUT2D eigenvalue weighted by atomic mass is 10.2. The maximum Gasteiger partial charge on any atom is 0.117 e. The second-order valence-corrected chi connectivity index (χ2v) is 5.44. The largest absolute Gasteiger partial charge is 0.468 e. The van der Waals surface area contributed by atoms with Gasteiger partial charge in [0.2, 0.25) is 0 Å². The average Bonchev–Trinajstić information content (AvgIpc) is 3.01. The molecule has 2 heterocycles. The maximum atomic E-state index is 5.98. The summed E-state index contributed by atoms with van der Waals surface area (Å²) in [4.78, 5) is 3.50. The number of nitrogens with zero attached hydrogens (tertiary/aromatic N) is 1. The Labute approximate surface area is 116 Å². The van der Waals surface area contributed by atoms with Crippen LogP contribution >= 0.6 is 22.9 Å². The maximum absolute atomic E-state index is 5.98. The quantitative estimate of drug-likeness (QED) is 0.882. The summed E-state index contributed by atoms with van der Waals surface area (Å²) in [6.45, 7) is 4.38. The van der Waals surface area contributed by atoms with Crippen molar-refractivity contribution in [1.29, 1.82) is 0 Å². The van der Waals surface area contributed by atoms with Crippen LogP contribution in [0.2, 0.25) is 5.02 Å². The third kappa shape index (κ3) is 3.14. The molecule has 0 amide bonds. The predicted octanol–water partition coefficient (Wildman–Crippen LogP) is 3.52. The van der Waals surface area contributed by atoms with Gasteiger partial charge in [-0.05, 0) is 24.7 Å². The molecule has 0 aliphatic carbocycles. The topological polar surface area (TPSA) is 42.4 Å². The number of nitrogens with two attached hydrogens (primary N) is 1. The number of hydrogen-bond acceptors (Lipinski definition) is 4. The summed E-state index contributed by atoms with van der Waals surface area (Å²) in [5.74, 6) is 0.956. The minimum Gasteiger partial charge on any atom is -0.468 e. The van der Waals surface area contributed by atoms with Gasteiger partial charge in [0.1, 0.15) is 5.76 Å². The van der Waals surface area contributed by atoms with Crippen LogP contribution in [-0.2, 0) is 6.54 Å². The normalized spacial score (nSPS) is 13.1. The van der Waals surface area contributed by atoms with E-state index in [0.717, 1.165) is 23.9 Å². The zero-order chi connectivity index (χ0) is 13.0. The summed E-state index contributed by atoms with van der Waals surface area (Å²) in [6.07, 6.45) is 1.70. The Morgan fingerprint density at radius 2 is 2.39 bits per heavy atom. The highest BCUT2D eigenvalue weighted by Crippen LogP contribution is 2.29. The molecular formula is C13H17ClN2OS. The Morgan fingerprint density at radius 3 is 2.89 bits per heavy atom. The van der Waals surface area contributed by atoms with Crippen molar-refractivity contribution >= 4 is 22.9 Å². The lowest BCUT2D eigenvalue weighted by molar-refractivity contribution is 0.190. The molecule has 0 fully saturated rings. The van der Waals surface area contributed by atoms with Crippen molar-refractivity contribution in [1.82, 2.24) is 4.90 Å². The summed E-state index contributed by atoms with van der Waals surface area (Å²) < 4.78 is 5.40. The molecule has 18 heavy (non-hydrogen) atoms. The van der Waals surface area contributed by atoms with Gasteiger partial charge in [0.25, 0.3) is 0 Å². The van der Waals surface area contributed by atoms with Gasteiger partial charge < -0.3 is 10.2 Å². The van der Waals surface area contributed by atoms with E-state index >= 15 is 0 Å². The molecule has 0 radical (unpaired) electrons. The van der Waals surface area contributed by atoms with Crippen LogP contribution in [0.1, 0.15) is 23.6 Å². The van der Waals surface area contributed by atoms with Crippen molar-refractivity contribution in [3.05, 3.63) is 45.5 Å². The van der Waals surface area contributed by atoms with E-state index in [2.05, 4.69) is 11.8 Å². The summed E-state index contributed by atoms with van der Waals surface area (Å²) >= 11 is 7.64. The van der Waals surface area contributed by atoms with Crippen LogP contribution in [0, 0.1) is 0 Å². The molecule has 0 bridgehead atoms. The molecule has 0 aromatic carbocycles. The molecule has 1 unspecified atom stereocenters.